The van der Waals surface area contributed by atoms with Crippen LogP contribution in [-0.2, 0) is 20.7 Å². The fourth-order valence-electron chi connectivity index (χ4n) is 1.80. The van der Waals surface area contributed by atoms with Gasteiger partial charge in [-0.05, 0) is 25.3 Å². The molecule has 19 heavy (non-hydrogen) atoms. The number of hydrogen-bond acceptors (Lipinski definition) is 4. The number of rotatable bonds is 6. The molecule has 0 aliphatic carbocycles. The molecule has 102 valence electrons. The predicted molar refractivity (Wildman–Crippen MR) is 71.7 cm³/mol. The fourth-order valence-corrected chi connectivity index (χ4v) is 1.80. The zero-order valence-corrected chi connectivity index (χ0v) is 11.2. The number of aliphatic hydroxyl groups is 1. The second-order valence-electron chi connectivity index (χ2n) is 4.21. The van der Waals surface area contributed by atoms with Crippen molar-refractivity contribution in [3.8, 4) is 0 Å². The molecule has 1 N–H and O–H groups in total. The molecule has 4 nitrogen and oxygen atoms in total. The third kappa shape index (κ3) is 4.58. The van der Waals surface area contributed by atoms with Crippen molar-refractivity contribution in [3.05, 3.63) is 47.2 Å². The lowest BCUT2D eigenvalue weighted by atomic mass is 10.0. The van der Waals surface area contributed by atoms with E-state index in [1.807, 2.05) is 30.3 Å². The van der Waals surface area contributed by atoms with Crippen molar-refractivity contribution in [2.45, 2.75) is 26.2 Å². The number of esters is 1. The molecule has 0 heterocycles. The normalized spacial score (nSPS) is 11.7. The van der Waals surface area contributed by atoms with Crippen LogP contribution in [0.3, 0.4) is 0 Å². The van der Waals surface area contributed by atoms with Gasteiger partial charge in [-0.3, -0.25) is 4.79 Å². The highest BCUT2D eigenvalue weighted by atomic mass is 16.5. The summed E-state index contributed by atoms with van der Waals surface area (Å²) in [6, 6.07) is 9.81. The van der Waals surface area contributed by atoms with Crippen molar-refractivity contribution in [1.29, 1.82) is 0 Å². The van der Waals surface area contributed by atoms with Crippen LogP contribution in [0.15, 0.2) is 41.7 Å². The highest BCUT2D eigenvalue weighted by Crippen LogP contribution is 2.13. The maximum Gasteiger partial charge on any atom is 0.344 e. The number of methoxy groups -OCH3 is 1. The highest BCUT2D eigenvalue weighted by Gasteiger charge is 2.20. The van der Waals surface area contributed by atoms with E-state index in [-0.39, 0.29) is 17.8 Å². The molecule has 0 unspecified atom stereocenters. The van der Waals surface area contributed by atoms with E-state index in [0.29, 0.717) is 6.42 Å². The Morgan fingerprint density at radius 3 is 2.37 bits per heavy atom. The average molecular weight is 262 g/mol. The zero-order chi connectivity index (χ0) is 14.3. The maximum absolute atomic E-state index is 11.4. The lowest BCUT2D eigenvalue weighted by molar-refractivity contribution is -0.137. The summed E-state index contributed by atoms with van der Waals surface area (Å²) in [5.74, 6) is -1.47. The summed E-state index contributed by atoms with van der Waals surface area (Å²) in [5, 5.41) is 9.82. The Morgan fingerprint density at radius 2 is 1.84 bits per heavy atom. The Hall–Kier alpha value is -2.10. The van der Waals surface area contributed by atoms with Crippen molar-refractivity contribution in [2.75, 3.05) is 7.11 Å². The summed E-state index contributed by atoms with van der Waals surface area (Å²) in [4.78, 5) is 22.7. The lowest BCUT2D eigenvalue weighted by Gasteiger charge is -2.06. The maximum atomic E-state index is 11.4. The van der Waals surface area contributed by atoms with Gasteiger partial charge in [0.1, 0.15) is 11.3 Å². The fraction of sp³-hybridized carbons (Fsp3) is 0.333. The van der Waals surface area contributed by atoms with Gasteiger partial charge in [-0.25, -0.2) is 4.79 Å². The smallest absolute Gasteiger partial charge is 0.344 e. The summed E-state index contributed by atoms with van der Waals surface area (Å²) in [5.41, 5.74) is 0.897. The molecule has 0 aliphatic rings. The molecule has 0 radical (unpaired) electrons. The van der Waals surface area contributed by atoms with Crippen LogP contribution in [0.25, 0.3) is 0 Å². The second kappa shape index (κ2) is 7.36. The van der Waals surface area contributed by atoms with E-state index in [1.54, 1.807) is 0 Å². The second-order valence-corrected chi connectivity index (χ2v) is 4.21. The van der Waals surface area contributed by atoms with Crippen LogP contribution in [0.5, 0.6) is 0 Å². The monoisotopic (exact) mass is 262 g/mol. The van der Waals surface area contributed by atoms with Gasteiger partial charge in [0, 0.05) is 6.42 Å². The van der Waals surface area contributed by atoms with Gasteiger partial charge in [0.2, 0.25) is 0 Å². The van der Waals surface area contributed by atoms with Gasteiger partial charge in [0.15, 0.2) is 5.78 Å². The Bertz CT molecular complexity index is 474. The number of hydrogen-bond donors (Lipinski definition) is 1. The average Bonchev–Trinajstić information content (AvgIpc) is 2.39. The third-order valence-electron chi connectivity index (χ3n) is 2.75. The number of allylic oxidation sites excluding steroid dienone is 1. The van der Waals surface area contributed by atoms with E-state index in [0.717, 1.165) is 12.0 Å². The molecule has 0 saturated heterocycles. The first-order valence-corrected chi connectivity index (χ1v) is 6.11. The third-order valence-corrected chi connectivity index (χ3v) is 2.75. The molecule has 4 heteroatoms. The van der Waals surface area contributed by atoms with E-state index in [4.69, 9.17) is 0 Å². The van der Waals surface area contributed by atoms with Gasteiger partial charge in [0.05, 0.1) is 7.11 Å². The number of carbonyl (C=O) groups excluding carboxylic acids is 2. The van der Waals surface area contributed by atoms with Crippen molar-refractivity contribution in [2.24, 2.45) is 0 Å². The molecule has 1 aromatic rings. The van der Waals surface area contributed by atoms with Gasteiger partial charge in [-0.1, -0.05) is 30.3 Å². The number of ether oxygens (including phenoxy) is 1. The number of carbonyl (C=O) groups is 2. The van der Waals surface area contributed by atoms with E-state index in [2.05, 4.69) is 4.74 Å². The largest absolute Gasteiger partial charge is 0.511 e. The number of aliphatic hydroxyl groups excluding tert-OH is 1. The minimum Gasteiger partial charge on any atom is -0.511 e. The minimum absolute atomic E-state index is 0.199. The molecule has 0 aromatic heterocycles. The molecule has 0 fully saturated rings. The van der Waals surface area contributed by atoms with Gasteiger partial charge in [-0.15, -0.1) is 0 Å². The molecule has 0 bridgehead atoms. The first-order valence-electron chi connectivity index (χ1n) is 6.11. The van der Waals surface area contributed by atoms with Crippen LogP contribution in [-0.4, -0.2) is 24.0 Å². The van der Waals surface area contributed by atoms with Gasteiger partial charge in [-0.2, -0.15) is 0 Å². The zero-order valence-electron chi connectivity index (χ0n) is 11.2. The number of aryl methyl sites for hydroxylation is 1. The topological polar surface area (TPSA) is 63.6 Å². The van der Waals surface area contributed by atoms with Crippen molar-refractivity contribution >= 4 is 11.8 Å². The van der Waals surface area contributed by atoms with Crippen LogP contribution in [0.1, 0.15) is 25.3 Å². The summed E-state index contributed by atoms with van der Waals surface area (Å²) in [6.07, 6.45) is 1.71. The molecular formula is C15H18O4. The van der Waals surface area contributed by atoms with Gasteiger partial charge < -0.3 is 9.84 Å². The summed E-state index contributed by atoms with van der Waals surface area (Å²) in [6.45, 7) is 1.24. The van der Waals surface area contributed by atoms with Crippen LogP contribution in [0.4, 0.5) is 0 Å². The van der Waals surface area contributed by atoms with Crippen LogP contribution in [0.2, 0.25) is 0 Å². The summed E-state index contributed by atoms with van der Waals surface area (Å²) >= 11 is 0. The Balaban J connectivity index is 2.64. The van der Waals surface area contributed by atoms with E-state index >= 15 is 0 Å². The molecule has 0 spiro atoms. The lowest BCUT2D eigenvalue weighted by Crippen LogP contribution is -2.14. The van der Waals surface area contributed by atoms with Crippen LogP contribution in [0, 0.1) is 0 Å². The standard InChI is InChI=1S/C15H18O4/c1-11(16)14(15(18)19-2)13(17)10-6-9-12-7-4-3-5-8-12/h3-5,7-8,17H,6,9-10H2,1-2H3. The molecular weight excluding hydrogens is 244 g/mol. The minimum atomic E-state index is -0.787. The number of benzene rings is 1. The van der Waals surface area contributed by atoms with E-state index < -0.39 is 11.8 Å². The molecule has 0 amide bonds. The molecule has 0 atom stereocenters. The Labute approximate surface area is 112 Å². The molecule has 1 aromatic carbocycles. The van der Waals surface area contributed by atoms with Gasteiger partial charge >= 0.3 is 5.97 Å². The van der Waals surface area contributed by atoms with Crippen LogP contribution < -0.4 is 0 Å². The molecule has 0 saturated carbocycles. The highest BCUT2D eigenvalue weighted by molar-refractivity contribution is 6.16. The quantitative estimate of drug-likeness (QED) is 0.281. The number of Topliss-reactive ketones (excluding diaryl/α,β-unsaturated/α-hetero) is 1. The van der Waals surface area contributed by atoms with Crippen molar-refractivity contribution < 1.29 is 19.4 Å². The van der Waals surface area contributed by atoms with Crippen molar-refractivity contribution in [3.63, 3.8) is 0 Å². The van der Waals surface area contributed by atoms with Crippen LogP contribution >= 0.6 is 0 Å². The predicted octanol–water partition coefficient (Wildman–Crippen LogP) is 2.58. The summed E-state index contributed by atoms with van der Waals surface area (Å²) < 4.78 is 4.48. The van der Waals surface area contributed by atoms with Crippen molar-refractivity contribution in [1.82, 2.24) is 0 Å². The summed E-state index contributed by atoms with van der Waals surface area (Å²) in [7, 11) is 1.18. The van der Waals surface area contributed by atoms with E-state index in [9.17, 15) is 14.7 Å². The first-order chi connectivity index (χ1) is 9.06. The molecule has 0 aliphatic heterocycles. The number of ketones is 1. The Kier molecular flexibility index (Phi) is 5.79. The van der Waals surface area contributed by atoms with E-state index in [1.165, 1.54) is 14.0 Å². The Morgan fingerprint density at radius 1 is 1.21 bits per heavy atom. The SMILES string of the molecule is COC(=O)C(C(C)=O)=C(O)CCCc1ccccc1. The molecule has 1 rings (SSSR count). The first kappa shape index (κ1) is 15.0. The van der Waals surface area contributed by atoms with Gasteiger partial charge in [0.25, 0.3) is 0 Å².